The van der Waals surface area contributed by atoms with Gasteiger partial charge in [0, 0.05) is 19.4 Å². The van der Waals surface area contributed by atoms with Crippen molar-refractivity contribution in [2.75, 3.05) is 17.1 Å². The summed E-state index contributed by atoms with van der Waals surface area (Å²) in [5, 5.41) is 2.74. The van der Waals surface area contributed by atoms with Crippen molar-refractivity contribution in [3.05, 3.63) is 42.2 Å². The normalized spacial score (nSPS) is 11.1. The van der Waals surface area contributed by atoms with E-state index in [1.165, 1.54) is 6.20 Å². The fourth-order valence-corrected chi connectivity index (χ4v) is 2.66. The van der Waals surface area contributed by atoms with E-state index in [4.69, 9.17) is 0 Å². The van der Waals surface area contributed by atoms with E-state index in [2.05, 4.69) is 20.0 Å². The first-order valence-corrected chi connectivity index (χ1v) is 7.09. The molecule has 0 saturated carbocycles. The number of nitrogens with zero attached hydrogens (tertiary/aromatic N) is 2. The molecule has 2 aromatic heterocycles. The van der Waals surface area contributed by atoms with Gasteiger partial charge in [-0.25, -0.2) is 9.97 Å². The van der Waals surface area contributed by atoms with Crippen molar-refractivity contribution in [3.8, 4) is 0 Å². The second kappa shape index (κ2) is 5.23. The molecular weight excluding hydrogens is 264 g/mol. The summed E-state index contributed by atoms with van der Waals surface area (Å²) in [7, 11) is -2.12. The van der Waals surface area contributed by atoms with Crippen LogP contribution in [0.5, 0.6) is 0 Å². The third-order valence-corrected chi connectivity index (χ3v) is 3.76. The first-order valence-electron chi connectivity index (χ1n) is 5.61. The number of pyridine rings is 2. The van der Waals surface area contributed by atoms with Gasteiger partial charge in [-0.2, -0.15) is 8.42 Å². The summed E-state index contributed by atoms with van der Waals surface area (Å²) in [4.78, 5) is 7.90. The van der Waals surface area contributed by atoms with Gasteiger partial charge in [0.05, 0.1) is 5.69 Å². The van der Waals surface area contributed by atoms with E-state index < -0.39 is 10.0 Å². The van der Waals surface area contributed by atoms with Gasteiger partial charge in [0.25, 0.3) is 10.0 Å². The lowest BCUT2D eigenvalue weighted by molar-refractivity contribution is 0.598. The van der Waals surface area contributed by atoms with Gasteiger partial charge in [-0.1, -0.05) is 6.07 Å². The minimum Gasteiger partial charge on any atom is -0.386 e. The van der Waals surface area contributed by atoms with Crippen LogP contribution >= 0.6 is 0 Å². The van der Waals surface area contributed by atoms with Crippen LogP contribution in [0.25, 0.3) is 0 Å². The van der Waals surface area contributed by atoms with Crippen LogP contribution in [-0.2, 0) is 10.0 Å². The highest BCUT2D eigenvalue weighted by Crippen LogP contribution is 2.19. The van der Waals surface area contributed by atoms with Crippen LogP contribution in [0.1, 0.15) is 5.56 Å². The zero-order valence-corrected chi connectivity index (χ0v) is 11.4. The zero-order valence-electron chi connectivity index (χ0n) is 10.6. The SMILES string of the molecule is CNc1cccnc1S(=O)(=O)Nc1ccc(C)cn1. The Morgan fingerprint density at radius 3 is 2.58 bits per heavy atom. The summed E-state index contributed by atoms with van der Waals surface area (Å²) in [5.41, 5.74) is 1.39. The maximum atomic E-state index is 12.2. The third kappa shape index (κ3) is 3.00. The number of nitrogens with one attached hydrogen (secondary N) is 2. The molecule has 2 N–H and O–H groups in total. The monoisotopic (exact) mass is 278 g/mol. The van der Waals surface area contributed by atoms with Crippen LogP contribution in [0.4, 0.5) is 11.5 Å². The minimum atomic E-state index is -3.76. The Morgan fingerprint density at radius 1 is 1.16 bits per heavy atom. The van der Waals surface area contributed by atoms with Crippen LogP contribution in [-0.4, -0.2) is 25.4 Å². The molecule has 0 atom stereocenters. The largest absolute Gasteiger partial charge is 0.386 e. The fraction of sp³-hybridized carbons (Fsp3) is 0.167. The van der Waals surface area contributed by atoms with Gasteiger partial charge in [0.2, 0.25) is 0 Å². The van der Waals surface area contributed by atoms with Gasteiger partial charge in [0.15, 0.2) is 5.03 Å². The van der Waals surface area contributed by atoms with Crippen LogP contribution in [0.2, 0.25) is 0 Å². The van der Waals surface area contributed by atoms with Gasteiger partial charge in [-0.15, -0.1) is 0 Å². The molecule has 19 heavy (non-hydrogen) atoms. The number of aryl methyl sites for hydroxylation is 1. The highest BCUT2D eigenvalue weighted by molar-refractivity contribution is 7.92. The number of hydrogen-bond donors (Lipinski definition) is 2. The lowest BCUT2D eigenvalue weighted by Gasteiger charge is -2.10. The molecule has 0 aliphatic carbocycles. The first kappa shape index (κ1) is 13.3. The molecule has 0 fully saturated rings. The van der Waals surface area contributed by atoms with Crippen LogP contribution in [0.15, 0.2) is 41.7 Å². The van der Waals surface area contributed by atoms with Crippen molar-refractivity contribution in [2.45, 2.75) is 11.9 Å². The molecule has 0 saturated heterocycles. The lowest BCUT2D eigenvalue weighted by Crippen LogP contribution is -2.17. The zero-order chi connectivity index (χ0) is 13.9. The molecule has 2 rings (SSSR count). The molecule has 2 heterocycles. The quantitative estimate of drug-likeness (QED) is 0.888. The molecule has 0 radical (unpaired) electrons. The molecule has 0 unspecified atom stereocenters. The third-order valence-electron chi connectivity index (χ3n) is 2.45. The van der Waals surface area contributed by atoms with Gasteiger partial charge in [-0.3, -0.25) is 4.72 Å². The Morgan fingerprint density at radius 2 is 1.95 bits per heavy atom. The summed E-state index contributed by atoms with van der Waals surface area (Å²) < 4.78 is 26.8. The molecule has 0 aliphatic heterocycles. The Labute approximate surface area is 112 Å². The smallest absolute Gasteiger partial charge is 0.282 e. The average molecular weight is 278 g/mol. The summed E-state index contributed by atoms with van der Waals surface area (Å²) in [5.74, 6) is 0.262. The standard InChI is InChI=1S/C12H14N4O2S/c1-9-5-6-11(15-8-9)16-19(17,18)12-10(13-2)4-3-7-14-12/h3-8,13H,1-2H3,(H,15,16). The molecule has 2 aromatic rings. The number of anilines is 2. The lowest BCUT2D eigenvalue weighted by atomic mass is 10.3. The average Bonchev–Trinajstić information content (AvgIpc) is 2.41. The molecule has 0 spiro atoms. The summed E-state index contributed by atoms with van der Waals surface area (Å²) >= 11 is 0. The highest BCUT2D eigenvalue weighted by Gasteiger charge is 2.20. The molecule has 0 bridgehead atoms. The Kier molecular flexibility index (Phi) is 3.66. The van der Waals surface area contributed by atoms with E-state index in [0.717, 1.165) is 5.56 Å². The van der Waals surface area contributed by atoms with Crippen LogP contribution in [0.3, 0.4) is 0 Å². The number of sulfonamides is 1. The second-order valence-electron chi connectivity index (χ2n) is 3.93. The maximum Gasteiger partial charge on any atom is 0.282 e. The molecule has 0 aliphatic rings. The molecule has 100 valence electrons. The van der Waals surface area contributed by atoms with E-state index in [1.54, 1.807) is 37.5 Å². The first-order chi connectivity index (χ1) is 9.03. The topological polar surface area (TPSA) is 84.0 Å². The van der Waals surface area contributed by atoms with Crippen LogP contribution in [0, 0.1) is 6.92 Å². The number of aromatic nitrogens is 2. The van der Waals surface area contributed by atoms with E-state index in [-0.39, 0.29) is 10.8 Å². The van der Waals surface area contributed by atoms with E-state index >= 15 is 0 Å². The van der Waals surface area contributed by atoms with Crippen molar-refractivity contribution in [1.82, 2.24) is 9.97 Å². The van der Waals surface area contributed by atoms with E-state index in [1.807, 2.05) is 6.92 Å². The maximum absolute atomic E-state index is 12.2. The van der Waals surface area contributed by atoms with Crippen molar-refractivity contribution in [1.29, 1.82) is 0 Å². The molecular formula is C12H14N4O2S. The van der Waals surface area contributed by atoms with E-state index in [9.17, 15) is 8.42 Å². The van der Waals surface area contributed by atoms with E-state index in [0.29, 0.717) is 5.69 Å². The number of hydrogen-bond acceptors (Lipinski definition) is 5. The van der Waals surface area contributed by atoms with Gasteiger partial charge in [-0.05, 0) is 30.7 Å². The van der Waals surface area contributed by atoms with Gasteiger partial charge < -0.3 is 5.32 Å². The Hall–Kier alpha value is -2.15. The van der Waals surface area contributed by atoms with Crippen molar-refractivity contribution >= 4 is 21.5 Å². The van der Waals surface area contributed by atoms with Crippen molar-refractivity contribution < 1.29 is 8.42 Å². The highest BCUT2D eigenvalue weighted by atomic mass is 32.2. The Bertz CT molecular complexity index is 668. The molecule has 0 amide bonds. The predicted molar refractivity (Wildman–Crippen MR) is 73.6 cm³/mol. The Balaban J connectivity index is 2.35. The molecule has 6 nitrogen and oxygen atoms in total. The van der Waals surface area contributed by atoms with Crippen molar-refractivity contribution in [3.63, 3.8) is 0 Å². The number of rotatable bonds is 4. The fourth-order valence-electron chi connectivity index (χ4n) is 1.51. The summed E-state index contributed by atoms with van der Waals surface area (Å²) in [6, 6.07) is 6.69. The summed E-state index contributed by atoms with van der Waals surface area (Å²) in [6.45, 7) is 1.88. The van der Waals surface area contributed by atoms with Crippen LogP contribution < -0.4 is 10.0 Å². The van der Waals surface area contributed by atoms with Gasteiger partial charge >= 0.3 is 0 Å². The molecule has 7 heteroatoms. The summed E-state index contributed by atoms with van der Waals surface area (Å²) in [6.07, 6.45) is 3.02. The minimum absolute atomic E-state index is 0.0557. The van der Waals surface area contributed by atoms with Gasteiger partial charge in [0.1, 0.15) is 5.82 Å². The van der Waals surface area contributed by atoms with Crippen molar-refractivity contribution in [2.24, 2.45) is 0 Å². The molecule has 0 aromatic carbocycles. The predicted octanol–water partition coefficient (Wildman–Crippen LogP) is 1.63. The second-order valence-corrected chi connectivity index (χ2v) is 5.53.